The molecule has 0 atom stereocenters. The van der Waals surface area contributed by atoms with Gasteiger partial charge in [-0.3, -0.25) is 0 Å². The first-order valence-electron chi connectivity index (χ1n) is 7.43. The van der Waals surface area contributed by atoms with Crippen LogP contribution in [0, 0.1) is 0 Å². The average molecular weight is 331 g/mol. The van der Waals surface area contributed by atoms with E-state index in [1.807, 2.05) is 35.0 Å². The summed E-state index contributed by atoms with van der Waals surface area (Å²) in [5, 5.41) is 0. The van der Waals surface area contributed by atoms with Crippen molar-refractivity contribution in [1.29, 1.82) is 0 Å². The molecule has 0 aliphatic heterocycles. The quantitative estimate of drug-likeness (QED) is 0.731. The monoisotopic (exact) mass is 331 g/mol. The molecule has 1 aromatic heterocycles. The number of para-hydroxylation sites is 1. The minimum Gasteiger partial charge on any atom is -0.398 e. The molecule has 0 amide bonds. The summed E-state index contributed by atoms with van der Waals surface area (Å²) in [6, 6.07) is 12.7. The SMILES string of the molecule is Nc1ccccc1Cc1nccn1Cc1ccc(C(F)(F)F)cc1. The maximum Gasteiger partial charge on any atom is 0.416 e. The lowest BCUT2D eigenvalue weighted by atomic mass is 10.1. The Hall–Kier alpha value is -2.76. The molecular weight excluding hydrogens is 315 g/mol. The summed E-state index contributed by atoms with van der Waals surface area (Å²) in [4.78, 5) is 4.33. The molecule has 0 aliphatic rings. The Balaban J connectivity index is 1.77. The topological polar surface area (TPSA) is 43.8 Å². The molecule has 3 aromatic rings. The Morgan fingerprint density at radius 3 is 2.38 bits per heavy atom. The molecule has 3 nitrogen and oxygen atoms in total. The molecule has 0 fully saturated rings. The normalized spacial score (nSPS) is 11.6. The highest BCUT2D eigenvalue weighted by Crippen LogP contribution is 2.29. The summed E-state index contributed by atoms with van der Waals surface area (Å²) in [6.07, 6.45) is -0.255. The van der Waals surface area contributed by atoms with E-state index in [0.717, 1.165) is 29.1 Å². The highest BCUT2D eigenvalue weighted by Gasteiger charge is 2.29. The molecule has 0 unspecified atom stereocenters. The van der Waals surface area contributed by atoms with Crippen molar-refractivity contribution in [3.05, 3.63) is 83.4 Å². The molecule has 0 saturated carbocycles. The third-order valence-corrected chi connectivity index (χ3v) is 3.84. The number of rotatable bonds is 4. The molecular formula is C18H16F3N3. The van der Waals surface area contributed by atoms with Gasteiger partial charge in [0.25, 0.3) is 0 Å². The second-order valence-electron chi connectivity index (χ2n) is 5.54. The number of hydrogen-bond acceptors (Lipinski definition) is 2. The van der Waals surface area contributed by atoms with E-state index < -0.39 is 11.7 Å². The van der Waals surface area contributed by atoms with Crippen LogP contribution < -0.4 is 5.73 Å². The number of nitrogen functional groups attached to an aromatic ring is 1. The molecule has 124 valence electrons. The van der Waals surface area contributed by atoms with Gasteiger partial charge >= 0.3 is 6.18 Å². The van der Waals surface area contributed by atoms with Gasteiger partial charge in [-0.25, -0.2) is 4.98 Å². The van der Waals surface area contributed by atoms with Crippen LogP contribution in [0.5, 0.6) is 0 Å². The van der Waals surface area contributed by atoms with E-state index in [0.29, 0.717) is 18.7 Å². The third kappa shape index (κ3) is 3.59. The number of benzene rings is 2. The van der Waals surface area contributed by atoms with E-state index in [1.54, 1.807) is 6.20 Å². The molecule has 0 aliphatic carbocycles. The molecule has 2 aromatic carbocycles. The smallest absolute Gasteiger partial charge is 0.398 e. The van der Waals surface area contributed by atoms with Crippen molar-refractivity contribution < 1.29 is 13.2 Å². The maximum atomic E-state index is 12.6. The fourth-order valence-electron chi connectivity index (χ4n) is 2.51. The summed E-state index contributed by atoms with van der Waals surface area (Å²) in [5.41, 5.74) is 7.76. The number of imidazole rings is 1. The number of halogens is 3. The molecule has 0 bridgehead atoms. The van der Waals surface area contributed by atoms with Crippen LogP contribution in [0.25, 0.3) is 0 Å². The van der Waals surface area contributed by atoms with Gasteiger partial charge in [0.15, 0.2) is 0 Å². The third-order valence-electron chi connectivity index (χ3n) is 3.84. The zero-order valence-electron chi connectivity index (χ0n) is 12.8. The van der Waals surface area contributed by atoms with E-state index in [2.05, 4.69) is 4.98 Å². The van der Waals surface area contributed by atoms with Crippen LogP contribution in [0.3, 0.4) is 0 Å². The zero-order chi connectivity index (χ0) is 17.2. The molecule has 3 rings (SSSR count). The lowest BCUT2D eigenvalue weighted by Gasteiger charge is -2.11. The lowest BCUT2D eigenvalue weighted by Crippen LogP contribution is -2.08. The van der Waals surface area contributed by atoms with Crippen LogP contribution in [-0.4, -0.2) is 9.55 Å². The van der Waals surface area contributed by atoms with Gasteiger partial charge in [-0.15, -0.1) is 0 Å². The summed E-state index contributed by atoms with van der Waals surface area (Å²) in [5.74, 6) is 0.813. The second kappa shape index (κ2) is 6.39. The van der Waals surface area contributed by atoms with Gasteiger partial charge in [0, 0.05) is 31.0 Å². The Morgan fingerprint density at radius 1 is 1.00 bits per heavy atom. The van der Waals surface area contributed by atoms with E-state index in [1.165, 1.54) is 12.1 Å². The zero-order valence-corrected chi connectivity index (χ0v) is 12.8. The maximum absolute atomic E-state index is 12.6. The highest BCUT2D eigenvalue weighted by molar-refractivity contribution is 5.47. The Bertz CT molecular complexity index is 820. The van der Waals surface area contributed by atoms with Crippen molar-refractivity contribution >= 4 is 5.69 Å². The number of anilines is 1. The minimum absolute atomic E-state index is 0.459. The Kier molecular flexibility index (Phi) is 4.29. The van der Waals surface area contributed by atoms with Crippen LogP contribution in [0.15, 0.2) is 60.9 Å². The Morgan fingerprint density at radius 2 is 1.71 bits per heavy atom. The summed E-state index contributed by atoms with van der Waals surface area (Å²) < 4.78 is 39.8. The Labute approximate surface area is 137 Å². The van der Waals surface area contributed by atoms with Gasteiger partial charge in [-0.05, 0) is 29.3 Å². The van der Waals surface area contributed by atoms with Gasteiger partial charge in [0.2, 0.25) is 0 Å². The molecule has 0 spiro atoms. The van der Waals surface area contributed by atoms with Crippen LogP contribution >= 0.6 is 0 Å². The lowest BCUT2D eigenvalue weighted by molar-refractivity contribution is -0.137. The van der Waals surface area contributed by atoms with Crippen molar-refractivity contribution in [1.82, 2.24) is 9.55 Å². The fourth-order valence-corrected chi connectivity index (χ4v) is 2.51. The first-order valence-corrected chi connectivity index (χ1v) is 7.43. The van der Waals surface area contributed by atoms with E-state index in [-0.39, 0.29) is 0 Å². The van der Waals surface area contributed by atoms with Crippen molar-refractivity contribution in [2.45, 2.75) is 19.1 Å². The minimum atomic E-state index is -4.32. The number of alkyl halides is 3. The predicted octanol–water partition coefficient (Wildman–Crippen LogP) is 4.12. The van der Waals surface area contributed by atoms with Crippen molar-refractivity contribution in [3.8, 4) is 0 Å². The first kappa shape index (κ1) is 16.1. The van der Waals surface area contributed by atoms with Crippen molar-refractivity contribution in [2.75, 3.05) is 5.73 Å². The van der Waals surface area contributed by atoms with Gasteiger partial charge in [0.1, 0.15) is 5.82 Å². The molecule has 2 N–H and O–H groups in total. The van der Waals surface area contributed by atoms with Gasteiger partial charge in [-0.2, -0.15) is 13.2 Å². The highest BCUT2D eigenvalue weighted by atomic mass is 19.4. The van der Waals surface area contributed by atoms with Gasteiger partial charge < -0.3 is 10.3 Å². The number of nitrogens with zero attached hydrogens (tertiary/aromatic N) is 2. The molecule has 1 heterocycles. The molecule has 24 heavy (non-hydrogen) atoms. The fraction of sp³-hybridized carbons (Fsp3) is 0.167. The number of aromatic nitrogens is 2. The predicted molar refractivity (Wildman–Crippen MR) is 86.4 cm³/mol. The summed E-state index contributed by atoms with van der Waals surface area (Å²) in [6.45, 7) is 0.459. The average Bonchev–Trinajstić information content (AvgIpc) is 2.96. The molecule has 0 saturated heterocycles. The molecule has 0 radical (unpaired) electrons. The second-order valence-corrected chi connectivity index (χ2v) is 5.54. The number of hydrogen-bond donors (Lipinski definition) is 1. The van der Waals surface area contributed by atoms with Crippen LogP contribution in [-0.2, 0) is 19.1 Å². The van der Waals surface area contributed by atoms with E-state index in [9.17, 15) is 13.2 Å². The van der Waals surface area contributed by atoms with Crippen molar-refractivity contribution in [3.63, 3.8) is 0 Å². The van der Waals surface area contributed by atoms with Crippen LogP contribution in [0.4, 0.5) is 18.9 Å². The number of nitrogens with two attached hydrogens (primary N) is 1. The van der Waals surface area contributed by atoms with Gasteiger partial charge in [-0.1, -0.05) is 30.3 Å². The van der Waals surface area contributed by atoms with E-state index >= 15 is 0 Å². The van der Waals surface area contributed by atoms with Crippen LogP contribution in [0.1, 0.15) is 22.5 Å². The van der Waals surface area contributed by atoms with E-state index in [4.69, 9.17) is 5.73 Å². The van der Waals surface area contributed by atoms with Crippen LogP contribution in [0.2, 0.25) is 0 Å². The largest absolute Gasteiger partial charge is 0.416 e. The summed E-state index contributed by atoms with van der Waals surface area (Å²) >= 11 is 0. The summed E-state index contributed by atoms with van der Waals surface area (Å²) in [7, 11) is 0. The van der Waals surface area contributed by atoms with Crippen molar-refractivity contribution in [2.24, 2.45) is 0 Å². The van der Waals surface area contributed by atoms with Gasteiger partial charge in [0.05, 0.1) is 5.56 Å². The standard InChI is InChI=1S/C18H16F3N3/c19-18(20,21)15-7-5-13(6-8-15)12-24-10-9-23-17(24)11-14-3-1-2-4-16(14)22/h1-10H,11-12,22H2. The first-order chi connectivity index (χ1) is 11.4. The molecule has 6 heteroatoms.